The molecule has 15 heavy (non-hydrogen) atoms. The molecule has 2 aromatic rings. The molecule has 2 aromatic heterocycles. The average molecular weight is 268 g/mol. The number of aromatic nitrogens is 2. The Morgan fingerprint density at radius 2 is 2.33 bits per heavy atom. The Labute approximate surface area is 97.6 Å². The summed E-state index contributed by atoms with van der Waals surface area (Å²) in [5.41, 5.74) is 3.35. The van der Waals surface area contributed by atoms with Crippen LogP contribution >= 0.6 is 15.9 Å². The highest BCUT2D eigenvalue weighted by Gasteiger charge is 2.09. The monoisotopic (exact) mass is 267 g/mol. The molecular weight excluding hydrogens is 254 g/mol. The van der Waals surface area contributed by atoms with Gasteiger partial charge in [-0.2, -0.15) is 0 Å². The third-order valence-electron chi connectivity index (χ3n) is 2.46. The van der Waals surface area contributed by atoms with Crippen LogP contribution in [0.15, 0.2) is 22.9 Å². The number of aryl methyl sites for hydroxylation is 1. The van der Waals surface area contributed by atoms with Crippen molar-refractivity contribution in [2.45, 2.75) is 13.3 Å². The Morgan fingerprint density at radius 1 is 1.53 bits per heavy atom. The zero-order chi connectivity index (χ0) is 10.8. The SMILES string of the molecule is CNCCc1nc2c(C)cccn2c1Br. The van der Waals surface area contributed by atoms with Crippen LogP contribution in [0.2, 0.25) is 0 Å². The van der Waals surface area contributed by atoms with Crippen molar-refractivity contribution in [3.05, 3.63) is 34.2 Å². The van der Waals surface area contributed by atoms with Gasteiger partial charge in [-0.15, -0.1) is 0 Å². The number of halogens is 1. The highest BCUT2D eigenvalue weighted by Crippen LogP contribution is 2.21. The van der Waals surface area contributed by atoms with Gasteiger partial charge >= 0.3 is 0 Å². The second-order valence-electron chi connectivity index (χ2n) is 3.59. The lowest BCUT2D eigenvalue weighted by Crippen LogP contribution is -2.10. The number of hydrogen-bond acceptors (Lipinski definition) is 2. The van der Waals surface area contributed by atoms with Gasteiger partial charge in [0.15, 0.2) is 0 Å². The molecule has 0 aliphatic heterocycles. The molecule has 2 heterocycles. The van der Waals surface area contributed by atoms with Crippen molar-refractivity contribution in [1.29, 1.82) is 0 Å². The molecule has 0 aliphatic carbocycles. The summed E-state index contributed by atoms with van der Waals surface area (Å²) >= 11 is 3.59. The molecule has 0 saturated carbocycles. The second kappa shape index (κ2) is 4.33. The second-order valence-corrected chi connectivity index (χ2v) is 4.34. The first-order valence-electron chi connectivity index (χ1n) is 5.00. The molecule has 0 atom stereocenters. The first kappa shape index (κ1) is 10.6. The van der Waals surface area contributed by atoms with Crippen LogP contribution in [-0.4, -0.2) is 23.0 Å². The van der Waals surface area contributed by atoms with Crippen molar-refractivity contribution in [2.24, 2.45) is 0 Å². The lowest BCUT2D eigenvalue weighted by molar-refractivity contribution is 0.777. The summed E-state index contributed by atoms with van der Waals surface area (Å²) in [7, 11) is 1.95. The average Bonchev–Trinajstić information content (AvgIpc) is 2.55. The van der Waals surface area contributed by atoms with E-state index in [1.807, 2.05) is 19.3 Å². The minimum absolute atomic E-state index is 0.943. The first-order chi connectivity index (χ1) is 7.24. The van der Waals surface area contributed by atoms with E-state index in [2.05, 4.69) is 43.6 Å². The Morgan fingerprint density at radius 3 is 3.00 bits per heavy atom. The van der Waals surface area contributed by atoms with Gasteiger partial charge in [-0.25, -0.2) is 4.98 Å². The van der Waals surface area contributed by atoms with Gasteiger partial charge < -0.3 is 5.32 Å². The summed E-state index contributed by atoms with van der Waals surface area (Å²) in [5.74, 6) is 0. The van der Waals surface area contributed by atoms with Gasteiger partial charge in [0.2, 0.25) is 0 Å². The lowest BCUT2D eigenvalue weighted by Gasteiger charge is -1.97. The van der Waals surface area contributed by atoms with E-state index in [4.69, 9.17) is 0 Å². The van der Waals surface area contributed by atoms with Crippen LogP contribution in [0, 0.1) is 6.92 Å². The molecule has 0 aromatic carbocycles. The normalized spacial score (nSPS) is 11.1. The van der Waals surface area contributed by atoms with Crippen molar-refractivity contribution < 1.29 is 0 Å². The van der Waals surface area contributed by atoms with E-state index in [-0.39, 0.29) is 0 Å². The Balaban J connectivity index is 2.49. The predicted octanol–water partition coefficient (Wildman–Crippen LogP) is 2.17. The third kappa shape index (κ3) is 1.92. The maximum atomic E-state index is 4.63. The third-order valence-corrected chi connectivity index (χ3v) is 3.30. The molecule has 4 heteroatoms. The highest BCUT2D eigenvalue weighted by molar-refractivity contribution is 9.10. The summed E-state index contributed by atoms with van der Waals surface area (Å²) < 4.78 is 3.15. The van der Waals surface area contributed by atoms with Crippen molar-refractivity contribution >= 4 is 21.6 Å². The number of fused-ring (bicyclic) bond motifs is 1. The van der Waals surface area contributed by atoms with E-state index in [1.165, 1.54) is 5.56 Å². The van der Waals surface area contributed by atoms with Gasteiger partial charge in [-0.05, 0) is 41.5 Å². The zero-order valence-electron chi connectivity index (χ0n) is 8.92. The van der Waals surface area contributed by atoms with E-state index in [0.717, 1.165) is 28.9 Å². The minimum Gasteiger partial charge on any atom is -0.319 e. The number of likely N-dealkylation sites (N-methyl/N-ethyl adjacent to an activating group) is 1. The van der Waals surface area contributed by atoms with Gasteiger partial charge in [0.25, 0.3) is 0 Å². The standard InChI is InChI=1S/C11H14BrN3/c1-8-4-3-7-15-10(12)9(5-6-13-2)14-11(8)15/h3-4,7,13H,5-6H2,1-2H3. The van der Waals surface area contributed by atoms with Gasteiger partial charge in [0.1, 0.15) is 10.3 Å². The van der Waals surface area contributed by atoms with E-state index in [0.29, 0.717) is 0 Å². The topological polar surface area (TPSA) is 29.3 Å². The molecule has 2 rings (SSSR count). The lowest BCUT2D eigenvalue weighted by atomic mass is 10.3. The summed E-state index contributed by atoms with van der Waals surface area (Å²) in [6.45, 7) is 3.03. The molecule has 0 spiro atoms. The van der Waals surface area contributed by atoms with Crippen LogP contribution in [-0.2, 0) is 6.42 Å². The molecular formula is C11H14BrN3. The summed E-state index contributed by atoms with van der Waals surface area (Å²) in [5, 5.41) is 3.13. The summed E-state index contributed by atoms with van der Waals surface area (Å²) in [4.78, 5) is 4.63. The van der Waals surface area contributed by atoms with Crippen LogP contribution < -0.4 is 5.32 Å². The van der Waals surface area contributed by atoms with Crippen LogP contribution in [0.3, 0.4) is 0 Å². The number of rotatable bonds is 3. The van der Waals surface area contributed by atoms with Crippen molar-refractivity contribution in [1.82, 2.24) is 14.7 Å². The van der Waals surface area contributed by atoms with Crippen molar-refractivity contribution in [3.8, 4) is 0 Å². The van der Waals surface area contributed by atoms with Crippen LogP contribution in [0.5, 0.6) is 0 Å². The van der Waals surface area contributed by atoms with E-state index in [9.17, 15) is 0 Å². The summed E-state index contributed by atoms with van der Waals surface area (Å²) in [6, 6.07) is 4.12. The number of hydrogen-bond donors (Lipinski definition) is 1. The number of nitrogens with one attached hydrogen (secondary N) is 1. The maximum absolute atomic E-state index is 4.63. The summed E-state index contributed by atoms with van der Waals surface area (Å²) in [6.07, 6.45) is 2.97. The molecule has 0 unspecified atom stereocenters. The fourth-order valence-electron chi connectivity index (χ4n) is 1.62. The number of pyridine rings is 1. The molecule has 0 radical (unpaired) electrons. The molecule has 0 fully saturated rings. The van der Waals surface area contributed by atoms with E-state index in [1.54, 1.807) is 0 Å². The molecule has 0 saturated heterocycles. The molecule has 3 nitrogen and oxygen atoms in total. The van der Waals surface area contributed by atoms with Crippen molar-refractivity contribution in [2.75, 3.05) is 13.6 Å². The minimum atomic E-state index is 0.943. The molecule has 0 aliphatic rings. The van der Waals surface area contributed by atoms with Gasteiger partial charge in [-0.3, -0.25) is 4.40 Å². The predicted molar refractivity (Wildman–Crippen MR) is 65.3 cm³/mol. The number of imidazole rings is 1. The fraction of sp³-hybridized carbons (Fsp3) is 0.364. The van der Waals surface area contributed by atoms with Gasteiger partial charge in [0, 0.05) is 19.2 Å². The van der Waals surface area contributed by atoms with Gasteiger partial charge in [0.05, 0.1) is 5.69 Å². The Bertz CT molecular complexity index is 476. The fourth-order valence-corrected chi connectivity index (χ4v) is 2.20. The van der Waals surface area contributed by atoms with E-state index >= 15 is 0 Å². The van der Waals surface area contributed by atoms with E-state index < -0.39 is 0 Å². The first-order valence-corrected chi connectivity index (χ1v) is 5.80. The highest BCUT2D eigenvalue weighted by atomic mass is 79.9. The smallest absolute Gasteiger partial charge is 0.140 e. The molecule has 0 amide bonds. The quantitative estimate of drug-likeness (QED) is 0.924. The Hall–Kier alpha value is -0.870. The van der Waals surface area contributed by atoms with Gasteiger partial charge in [-0.1, -0.05) is 6.07 Å². The Kier molecular flexibility index (Phi) is 3.07. The maximum Gasteiger partial charge on any atom is 0.140 e. The largest absolute Gasteiger partial charge is 0.319 e. The molecule has 0 bridgehead atoms. The number of nitrogens with zero attached hydrogens (tertiary/aromatic N) is 2. The molecule has 1 N–H and O–H groups in total. The van der Waals surface area contributed by atoms with Crippen LogP contribution in [0.4, 0.5) is 0 Å². The van der Waals surface area contributed by atoms with Crippen LogP contribution in [0.1, 0.15) is 11.3 Å². The van der Waals surface area contributed by atoms with Crippen LogP contribution in [0.25, 0.3) is 5.65 Å². The molecule has 80 valence electrons. The van der Waals surface area contributed by atoms with Crippen molar-refractivity contribution in [3.63, 3.8) is 0 Å². The zero-order valence-corrected chi connectivity index (χ0v) is 10.5.